The Balaban J connectivity index is 1.83. The maximum atomic E-state index is 7.61. The third-order valence-corrected chi connectivity index (χ3v) is 10.8. The lowest BCUT2D eigenvalue weighted by Gasteiger charge is -2.25. The second-order valence-corrected chi connectivity index (χ2v) is 14.1. The summed E-state index contributed by atoms with van der Waals surface area (Å²) in [6, 6.07) is 38.2. The molecule has 0 unspecified atom stereocenters. The standard InChI is InChI=1S/C28H18Cl2Si/c29-31(30,27-23-13-5-1-9-19(23)17-20-10-2-6-14-24(20)27)28-25-15-7-3-11-21(25)18-22-12-4-8-16-26(22)28/h1-18H. The van der Waals surface area contributed by atoms with Gasteiger partial charge in [-0.05, 0) is 65.6 Å². The Labute approximate surface area is 191 Å². The van der Waals surface area contributed by atoms with Gasteiger partial charge < -0.3 is 0 Å². The van der Waals surface area contributed by atoms with E-state index in [0.29, 0.717) is 0 Å². The van der Waals surface area contributed by atoms with E-state index in [1.807, 2.05) is 0 Å². The van der Waals surface area contributed by atoms with Crippen molar-refractivity contribution in [3.05, 3.63) is 109 Å². The lowest BCUT2D eigenvalue weighted by atomic mass is 10.0. The number of fused-ring (bicyclic) bond motifs is 4. The lowest BCUT2D eigenvalue weighted by Crippen LogP contribution is -2.50. The van der Waals surface area contributed by atoms with Crippen LogP contribution in [0.5, 0.6) is 0 Å². The van der Waals surface area contributed by atoms with Gasteiger partial charge in [-0.1, -0.05) is 97.1 Å². The van der Waals surface area contributed by atoms with Crippen molar-refractivity contribution >= 4 is 82.3 Å². The predicted molar refractivity (Wildman–Crippen MR) is 140 cm³/mol. The van der Waals surface area contributed by atoms with Crippen molar-refractivity contribution < 1.29 is 0 Å². The molecule has 0 spiro atoms. The molecule has 0 atom stereocenters. The highest BCUT2D eigenvalue weighted by Crippen LogP contribution is 2.32. The van der Waals surface area contributed by atoms with Crippen LogP contribution in [0.2, 0.25) is 0 Å². The fourth-order valence-electron chi connectivity index (χ4n) is 4.83. The zero-order chi connectivity index (χ0) is 21.0. The Morgan fingerprint density at radius 1 is 0.387 bits per heavy atom. The van der Waals surface area contributed by atoms with E-state index >= 15 is 0 Å². The molecule has 6 rings (SSSR count). The third kappa shape index (κ3) is 2.89. The van der Waals surface area contributed by atoms with Gasteiger partial charge in [0.05, 0.1) is 0 Å². The Morgan fingerprint density at radius 3 is 0.935 bits per heavy atom. The van der Waals surface area contributed by atoms with Crippen molar-refractivity contribution in [2.24, 2.45) is 0 Å². The van der Waals surface area contributed by atoms with Crippen molar-refractivity contribution in [2.75, 3.05) is 0 Å². The second kappa shape index (κ2) is 7.10. The van der Waals surface area contributed by atoms with Gasteiger partial charge in [0.2, 0.25) is 0 Å². The van der Waals surface area contributed by atoms with E-state index in [4.69, 9.17) is 22.2 Å². The maximum Gasteiger partial charge on any atom is 0.312 e. The van der Waals surface area contributed by atoms with E-state index in [0.717, 1.165) is 31.9 Å². The molecule has 0 aliphatic carbocycles. The Morgan fingerprint density at radius 2 is 0.645 bits per heavy atom. The van der Waals surface area contributed by atoms with E-state index < -0.39 is 6.69 Å². The lowest BCUT2D eigenvalue weighted by molar-refractivity contribution is 1.77. The first-order valence-electron chi connectivity index (χ1n) is 10.3. The van der Waals surface area contributed by atoms with Crippen LogP contribution in [0.15, 0.2) is 109 Å². The van der Waals surface area contributed by atoms with Gasteiger partial charge in [-0.15, -0.1) is 22.2 Å². The summed E-state index contributed by atoms with van der Waals surface area (Å²) in [4.78, 5) is 0. The molecule has 0 fully saturated rings. The van der Waals surface area contributed by atoms with E-state index in [-0.39, 0.29) is 0 Å². The summed E-state index contributed by atoms with van der Waals surface area (Å²) in [5, 5.41) is 11.3. The molecule has 0 aliphatic heterocycles. The zero-order valence-corrected chi connectivity index (χ0v) is 19.2. The van der Waals surface area contributed by atoms with Crippen molar-refractivity contribution in [3.8, 4) is 0 Å². The predicted octanol–water partition coefficient (Wildman–Crippen LogP) is 7.33. The molecule has 0 heterocycles. The van der Waals surface area contributed by atoms with Crippen molar-refractivity contribution in [1.29, 1.82) is 0 Å². The van der Waals surface area contributed by atoms with Crippen LogP contribution in [-0.2, 0) is 0 Å². The van der Waals surface area contributed by atoms with E-state index in [2.05, 4.69) is 109 Å². The first-order valence-corrected chi connectivity index (χ1v) is 14.4. The van der Waals surface area contributed by atoms with E-state index in [9.17, 15) is 0 Å². The first-order chi connectivity index (χ1) is 15.1. The summed E-state index contributed by atoms with van der Waals surface area (Å²) in [6.45, 7) is -3.17. The van der Waals surface area contributed by atoms with E-state index in [1.54, 1.807) is 0 Å². The van der Waals surface area contributed by atoms with Gasteiger partial charge in [0.1, 0.15) is 0 Å². The smallest absolute Gasteiger partial charge is 0.134 e. The van der Waals surface area contributed by atoms with Crippen LogP contribution in [0, 0.1) is 0 Å². The highest BCUT2D eigenvalue weighted by atomic mass is 35.7. The van der Waals surface area contributed by atoms with Crippen molar-refractivity contribution in [1.82, 2.24) is 0 Å². The molecule has 3 heteroatoms. The molecule has 6 aromatic rings. The quantitative estimate of drug-likeness (QED) is 0.146. The Hall–Kier alpha value is -2.84. The summed E-state index contributed by atoms with van der Waals surface area (Å²) < 4.78 is 0. The minimum Gasteiger partial charge on any atom is -0.134 e. The summed E-state index contributed by atoms with van der Waals surface area (Å²) >= 11 is 15.2. The maximum absolute atomic E-state index is 7.61. The molecule has 148 valence electrons. The largest absolute Gasteiger partial charge is 0.312 e. The topological polar surface area (TPSA) is 0 Å². The van der Waals surface area contributed by atoms with Crippen molar-refractivity contribution in [2.45, 2.75) is 0 Å². The van der Waals surface area contributed by atoms with Gasteiger partial charge in [-0.25, -0.2) is 0 Å². The average Bonchev–Trinajstić information content (AvgIpc) is 2.80. The number of halogens is 2. The first kappa shape index (κ1) is 18.9. The zero-order valence-electron chi connectivity index (χ0n) is 16.6. The molecular weight excluding hydrogens is 435 g/mol. The van der Waals surface area contributed by atoms with E-state index in [1.165, 1.54) is 21.5 Å². The summed E-state index contributed by atoms with van der Waals surface area (Å²) in [5.41, 5.74) is 0. The molecule has 0 N–H and O–H groups in total. The Kier molecular flexibility index (Phi) is 4.33. The molecule has 0 aromatic heterocycles. The molecule has 0 saturated carbocycles. The molecule has 31 heavy (non-hydrogen) atoms. The molecule has 0 aliphatic rings. The minimum absolute atomic E-state index is 1.08. The molecule has 0 amide bonds. The van der Waals surface area contributed by atoms with Crippen LogP contribution in [-0.4, -0.2) is 6.69 Å². The van der Waals surface area contributed by atoms with Gasteiger partial charge in [-0.3, -0.25) is 0 Å². The summed E-state index contributed by atoms with van der Waals surface area (Å²) in [6.07, 6.45) is 0. The van der Waals surface area contributed by atoms with Gasteiger partial charge in [0, 0.05) is 0 Å². The molecule has 0 nitrogen and oxygen atoms in total. The van der Waals surface area contributed by atoms with Gasteiger partial charge in [0.25, 0.3) is 0 Å². The molecule has 0 bridgehead atoms. The molecule has 6 aromatic carbocycles. The average molecular weight is 453 g/mol. The Bertz CT molecular complexity index is 1390. The van der Waals surface area contributed by atoms with Crippen LogP contribution in [0.25, 0.3) is 43.1 Å². The molecule has 0 radical (unpaired) electrons. The molecule has 0 saturated heterocycles. The normalized spacial score (nSPS) is 12.2. The van der Waals surface area contributed by atoms with Gasteiger partial charge >= 0.3 is 6.69 Å². The minimum atomic E-state index is -3.17. The van der Waals surface area contributed by atoms with Crippen LogP contribution in [0.4, 0.5) is 0 Å². The van der Waals surface area contributed by atoms with Crippen LogP contribution in [0.1, 0.15) is 0 Å². The van der Waals surface area contributed by atoms with Crippen LogP contribution < -0.4 is 10.4 Å². The number of rotatable bonds is 2. The van der Waals surface area contributed by atoms with Crippen LogP contribution >= 0.6 is 22.2 Å². The number of hydrogen-bond donors (Lipinski definition) is 0. The van der Waals surface area contributed by atoms with Gasteiger partial charge in [-0.2, -0.15) is 0 Å². The number of hydrogen-bond acceptors (Lipinski definition) is 0. The third-order valence-electron chi connectivity index (χ3n) is 6.17. The van der Waals surface area contributed by atoms with Crippen LogP contribution in [0.3, 0.4) is 0 Å². The second-order valence-electron chi connectivity index (χ2n) is 7.96. The fourth-order valence-corrected chi connectivity index (χ4v) is 9.79. The highest BCUT2D eigenvalue weighted by Gasteiger charge is 2.39. The summed E-state index contributed by atoms with van der Waals surface area (Å²) in [7, 11) is 0. The van der Waals surface area contributed by atoms with Gasteiger partial charge in [0.15, 0.2) is 0 Å². The van der Waals surface area contributed by atoms with Crippen molar-refractivity contribution in [3.63, 3.8) is 0 Å². The summed E-state index contributed by atoms with van der Waals surface area (Å²) in [5.74, 6) is 0. The number of benzene rings is 6. The highest BCUT2D eigenvalue weighted by molar-refractivity contribution is 7.57. The monoisotopic (exact) mass is 452 g/mol. The SMILES string of the molecule is Cl[Si](Cl)(c1c2ccccc2cc2ccccc12)c1c2ccccc2cc2ccccc12. The fraction of sp³-hybridized carbons (Fsp3) is 0. The molecular formula is C28H18Cl2Si.